The van der Waals surface area contributed by atoms with Crippen molar-refractivity contribution in [2.24, 2.45) is 0 Å². The number of rotatable bonds is 7. The molecule has 1 unspecified atom stereocenters. The maximum Gasteiger partial charge on any atom is 0.317 e. The van der Waals surface area contributed by atoms with Gasteiger partial charge < -0.3 is 19.5 Å². The first-order valence-corrected chi connectivity index (χ1v) is 8.48. The minimum Gasteiger partial charge on any atom is -0.482 e. The van der Waals surface area contributed by atoms with Gasteiger partial charge in [-0.1, -0.05) is 23.2 Å². The van der Waals surface area contributed by atoms with E-state index in [1.165, 1.54) is 0 Å². The van der Waals surface area contributed by atoms with E-state index in [4.69, 9.17) is 37.8 Å². The van der Waals surface area contributed by atoms with Gasteiger partial charge in [-0.05, 0) is 19.2 Å². The van der Waals surface area contributed by atoms with Gasteiger partial charge in [-0.25, -0.2) is 0 Å². The van der Waals surface area contributed by atoms with Gasteiger partial charge in [-0.15, -0.1) is 0 Å². The molecule has 0 aliphatic carbocycles. The summed E-state index contributed by atoms with van der Waals surface area (Å²) in [5.74, 6) is -0.739. The summed E-state index contributed by atoms with van der Waals surface area (Å²) in [6.07, 6.45) is -0.239. The quantitative estimate of drug-likeness (QED) is 0.761. The molecule has 0 bridgehead atoms. The third kappa shape index (κ3) is 6.36. The Hall–Kier alpha value is -1.54. The first kappa shape index (κ1) is 19.8. The first-order valence-electron chi connectivity index (χ1n) is 7.72. The van der Waals surface area contributed by atoms with E-state index >= 15 is 0 Å². The van der Waals surface area contributed by atoms with E-state index in [0.29, 0.717) is 42.0 Å². The van der Waals surface area contributed by atoms with Crippen LogP contribution < -0.4 is 4.74 Å². The molecule has 2 rings (SSSR count). The lowest BCUT2D eigenvalue weighted by molar-refractivity contribution is -0.143. The van der Waals surface area contributed by atoms with E-state index in [2.05, 4.69) is 0 Å². The van der Waals surface area contributed by atoms with Crippen molar-refractivity contribution in [1.29, 1.82) is 0 Å². The largest absolute Gasteiger partial charge is 0.482 e. The van der Waals surface area contributed by atoms with Crippen LogP contribution in [0.2, 0.25) is 10.0 Å². The number of nitrogens with zero attached hydrogens (tertiary/aromatic N) is 2. The van der Waals surface area contributed by atoms with E-state index in [1.807, 2.05) is 0 Å². The number of carbonyl (C=O) groups is 2. The number of aliphatic carboxylic acids is 1. The normalized spacial score (nSPS) is 17.6. The predicted molar refractivity (Wildman–Crippen MR) is 93.4 cm³/mol. The summed E-state index contributed by atoms with van der Waals surface area (Å²) in [5, 5.41) is 9.64. The van der Waals surface area contributed by atoms with Crippen LogP contribution in [0.25, 0.3) is 0 Å². The smallest absolute Gasteiger partial charge is 0.317 e. The maximum atomic E-state index is 12.3. The summed E-state index contributed by atoms with van der Waals surface area (Å²) in [6.45, 7) is 1.44. The minimum absolute atomic E-state index is 0.0792. The molecule has 25 heavy (non-hydrogen) atoms. The van der Waals surface area contributed by atoms with Crippen molar-refractivity contribution in [3.05, 3.63) is 28.2 Å². The van der Waals surface area contributed by atoms with Crippen molar-refractivity contribution < 1.29 is 24.2 Å². The number of carboxylic acid groups (broad SMARTS) is 1. The molecule has 1 fully saturated rings. The minimum atomic E-state index is -0.905. The summed E-state index contributed by atoms with van der Waals surface area (Å²) in [4.78, 5) is 26.3. The van der Waals surface area contributed by atoms with Crippen LogP contribution in [0.5, 0.6) is 5.75 Å². The number of carbonyl (C=O) groups excluding carboxylic acids is 1. The Labute approximate surface area is 156 Å². The van der Waals surface area contributed by atoms with Gasteiger partial charge in [0.15, 0.2) is 6.61 Å². The third-order valence-electron chi connectivity index (χ3n) is 3.66. The second-order valence-corrected chi connectivity index (χ2v) is 6.63. The fourth-order valence-electron chi connectivity index (χ4n) is 2.52. The first-order chi connectivity index (χ1) is 11.8. The Morgan fingerprint density at radius 3 is 2.92 bits per heavy atom. The lowest BCUT2D eigenvalue weighted by Crippen LogP contribution is -2.50. The standard InChI is InChI=1S/C16H20Cl2N2O5/c1-19(9-16(22)23)7-12-8-20(4-5-24-12)15(21)10-25-14-6-11(17)2-3-13(14)18/h2-3,6,12H,4-5,7-10H2,1H3,(H,22,23). The third-order valence-corrected chi connectivity index (χ3v) is 4.20. The van der Waals surface area contributed by atoms with Crippen LogP contribution >= 0.6 is 23.2 Å². The molecule has 7 nitrogen and oxygen atoms in total. The van der Waals surface area contributed by atoms with Gasteiger partial charge >= 0.3 is 5.97 Å². The molecular formula is C16H20Cl2N2O5. The van der Waals surface area contributed by atoms with Crippen molar-refractivity contribution in [3.8, 4) is 5.75 Å². The number of benzene rings is 1. The molecule has 1 heterocycles. The molecule has 1 aromatic rings. The topological polar surface area (TPSA) is 79.3 Å². The number of likely N-dealkylation sites (N-methyl/N-ethyl adjacent to an activating group) is 1. The highest BCUT2D eigenvalue weighted by atomic mass is 35.5. The average Bonchev–Trinajstić information content (AvgIpc) is 2.54. The number of hydrogen-bond donors (Lipinski definition) is 1. The van der Waals surface area contributed by atoms with E-state index in [-0.39, 0.29) is 25.2 Å². The van der Waals surface area contributed by atoms with E-state index in [0.717, 1.165) is 0 Å². The number of morpholine rings is 1. The van der Waals surface area contributed by atoms with E-state index < -0.39 is 5.97 Å². The van der Waals surface area contributed by atoms with Gasteiger partial charge in [0, 0.05) is 30.7 Å². The number of hydrogen-bond acceptors (Lipinski definition) is 5. The van der Waals surface area contributed by atoms with Gasteiger partial charge in [0.05, 0.1) is 24.3 Å². The van der Waals surface area contributed by atoms with Gasteiger partial charge in [-0.2, -0.15) is 0 Å². The molecular weight excluding hydrogens is 371 g/mol. The molecule has 0 radical (unpaired) electrons. The van der Waals surface area contributed by atoms with Crippen LogP contribution in [-0.2, 0) is 14.3 Å². The highest BCUT2D eigenvalue weighted by Crippen LogP contribution is 2.27. The van der Waals surface area contributed by atoms with Crippen molar-refractivity contribution >= 4 is 35.1 Å². The molecule has 1 N–H and O–H groups in total. The predicted octanol–water partition coefficient (Wildman–Crippen LogP) is 1.62. The van der Waals surface area contributed by atoms with Gasteiger partial charge in [-0.3, -0.25) is 14.5 Å². The van der Waals surface area contributed by atoms with Crippen LogP contribution in [0.1, 0.15) is 0 Å². The second kappa shape index (κ2) is 9.24. The van der Waals surface area contributed by atoms with Crippen LogP contribution in [-0.4, -0.2) is 79.3 Å². The highest BCUT2D eigenvalue weighted by Gasteiger charge is 2.26. The summed E-state index contributed by atoms with van der Waals surface area (Å²) < 4.78 is 11.1. The molecule has 0 spiro atoms. The molecule has 1 atom stereocenters. The van der Waals surface area contributed by atoms with Crippen molar-refractivity contribution in [1.82, 2.24) is 9.80 Å². The molecule has 138 valence electrons. The molecule has 9 heteroatoms. The monoisotopic (exact) mass is 390 g/mol. The summed E-state index contributed by atoms with van der Waals surface area (Å²) >= 11 is 11.9. The Morgan fingerprint density at radius 2 is 2.20 bits per heavy atom. The zero-order chi connectivity index (χ0) is 18.4. The number of carboxylic acids is 1. The summed E-state index contributed by atoms with van der Waals surface area (Å²) in [7, 11) is 1.70. The van der Waals surface area contributed by atoms with E-state index in [9.17, 15) is 9.59 Å². The molecule has 1 amide bonds. The summed E-state index contributed by atoms with van der Waals surface area (Å²) in [5.41, 5.74) is 0. The molecule has 1 aliphatic rings. The van der Waals surface area contributed by atoms with Crippen LogP contribution in [0.4, 0.5) is 0 Å². The molecule has 1 aromatic carbocycles. The van der Waals surface area contributed by atoms with Crippen molar-refractivity contribution in [2.75, 3.05) is 46.4 Å². The van der Waals surface area contributed by atoms with Crippen LogP contribution in [0.3, 0.4) is 0 Å². The lowest BCUT2D eigenvalue weighted by atomic mass is 10.2. The zero-order valence-corrected chi connectivity index (χ0v) is 15.3. The Morgan fingerprint density at radius 1 is 1.44 bits per heavy atom. The Bertz CT molecular complexity index is 629. The molecule has 1 aliphatic heterocycles. The fourth-order valence-corrected chi connectivity index (χ4v) is 2.85. The zero-order valence-electron chi connectivity index (χ0n) is 13.8. The molecule has 0 saturated carbocycles. The van der Waals surface area contributed by atoms with Crippen molar-refractivity contribution in [3.63, 3.8) is 0 Å². The second-order valence-electron chi connectivity index (χ2n) is 5.79. The van der Waals surface area contributed by atoms with E-state index in [1.54, 1.807) is 35.0 Å². The SMILES string of the molecule is CN(CC(=O)O)CC1CN(C(=O)COc2cc(Cl)ccc2Cl)CCO1. The van der Waals surface area contributed by atoms with Crippen LogP contribution in [0.15, 0.2) is 18.2 Å². The fraction of sp³-hybridized carbons (Fsp3) is 0.500. The van der Waals surface area contributed by atoms with Crippen molar-refractivity contribution in [2.45, 2.75) is 6.10 Å². The number of ether oxygens (including phenoxy) is 2. The van der Waals surface area contributed by atoms with Gasteiger partial charge in [0.25, 0.3) is 5.91 Å². The Kier molecular flexibility index (Phi) is 7.31. The summed E-state index contributed by atoms with van der Waals surface area (Å²) in [6, 6.07) is 4.80. The maximum absolute atomic E-state index is 12.3. The molecule has 0 aromatic heterocycles. The van der Waals surface area contributed by atoms with Gasteiger partial charge in [0.1, 0.15) is 5.75 Å². The lowest BCUT2D eigenvalue weighted by Gasteiger charge is -2.34. The Balaban J connectivity index is 1.84. The number of halogens is 2. The average molecular weight is 391 g/mol. The van der Waals surface area contributed by atoms with Crippen LogP contribution in [0, 0.1) is 0 Å². The molecule has 1 saturated heterocycles. The highest BCUT2D eigenvalue weighted by molar-refractivity contribution is 6.34. The van der Waals surface area contributed by atoms with Gasteiger partial charge in [0.2, 0.25) is 0 Å². The number of amides is 1.